The molecular formula is C19H25N5O2. The Kier molecular flexibility index (Phi) is 5.68. The lowest BCUT2D eigenvalue weighted by atomic mass is 10.0. The zero-order chi connectivity index (χ0) is 18.5. The van der Waals surface area contributed by atoms with Crippen LogP contribution in [-0.4, -0.2) is 54.0 Å². The molecule has 1 amide bonds. The number of hydrogen-bond donors (Lipinski definition) is 2. The number of rotatable bonds is 5. The summed E-state index contributed by atoms with van der Waals surface area (Å²) in [6, 6.07) is 7.67. The van der Waals surface area contributed by atoms with Crippen molar-refractivity contribution in [2.24, 2.45) is 0 Å². The van der Waals surface area contributed by atoms with Crippen LogP contribution in [-0.2, 0) is 6.54 Å². The molecule has 2 aromatic rings. The Morgan fingerprint density at radius 1 is 1.38 bits per heavy atom. The Morgan fingerprint density at radius 2 is 2.19 bits per heavy atom. The summed E-state index contributed by atoms with van der Waals surface area (Å²) in [7, 11) is 3.97. The van der Waals surface area contributed by atoms with Crippen molar-refractivity contribution in [3.63, 3.8) is 0 Å². The highest BCUT2D eigenvalue weighted by Crippen LogP contribution is 2.16. The zero-order valence-corrected chi connectivity index (χ0v) is 15.2. The van der Waals surface area contributed by atoms with Crippen molar-refractivity contribution in [2.75, 3.05) is 32.1 Å². The number of H-pyrrole nitrogens is 1. The van der Waals surface area contributed by atoms with Gasteiger partial charge in [-0.3, -0.25) is 9.59 Å². The van der Waals surface area contributed by atoms with E-state index in [0.717, 1.165) is 24.9 Å². The maximum Gasteiger partial charge on any atom is 0.290 e. The lowest BCUT2D eigenvalue weighted by Gasteiger charge is -2.33. The summed E-state index contributed by atoms with van der Waals surface area (Å²) in [5, 5.41) is 3.13. The van der Waals surface area contributed by atoms with E-state index in [-0.39, 0.29) is 17.5 Å². The molecule has 0 radical (unpaired) electrons. The Morgan fingerprint density at radius 3 is 2.96 bits per heavy atom. The van der Waals surface area contributed by atoms with Gasteiger partial charge in [-0.25, -0.2) is 4.98 Å². The summed E-state index contributed by atoms with van der Waals surface area (Å²) < 4.78 is 0. The molecule has 0 aliphatic carbocycles. The van der Waals surface area contributed by atoms with Gasteiger partial charge in [-0.15, -0.1) is 0 Å². The van der Waals surface area contributed by atoms with Crippen LogP contribution in [0.3, 0.4) is 0 Å². The van der Waals surface area contributed by atoms with Gasteiger partial charge in [0.1, 0.15) is 0 Å². The molecule has 1 fully saturated rings. The molecule has 3 rings (SSSR count). The van der Waals surface area contributed by atoms with Crippen molar-refractivity contribution in [1.82, 2.24) is 20.2 Å². The number of aromatic nitrogens is 2. The van der Waals surface area contributed by atoms with Crippen LogP contribution >= 0.6 is 0 Å². The van der Waals surface area contributed by atoms with Crippen molar-refractivity contribution in [1.29, 1.82) is 0 Å². The Labute approximate surface area is 153 Å². The number of aromatic amines is 1. The fourth-order valence-corrected chi connectivity index (χ4v) is 3.34. The third-order valence-electron chi connectivity index (χ3n) is 4.49. The first kappa shape index (κ1) is 18.1. The normalized spacial score (nSPS) is 17.3. The first-order chi connectivity index (χ1) is 12.5. The number of carbonyl (C=O) groups excluding carboxylic acids is 1. The average Bonchev–Trinajstić information content (AvgIpc) is 2.62. The van der Waals surface area contributed by atoms with Crippen molar-refractivity contribution in [3.05, 3.63) is 58.1 Å². The summed E-state index contributed by atoms with van der Waals surface area (Å²) in [4.78, 5) is 35.6. The molecule has 2 N–H and O–H groups in total. The molecule has 26 heavy (non-hydrogen) atoms. The van der Waals surface area contributed by atoms with E-state index in [2.05, 4.69) is 15.3 Å². The van der Waals surface area contributed by atoms with Gasteiger partial charge in [0, 0.05) is 43.6 Å². The molecule has 7 heteroatoms. The molecule has 1 unspecified atom stereocenters. The second-order valence-corrected chi connectivity index (χ2v) is 6.90. The standard InChI is InChI=1S/C19H25N5O2/c1-23(2)12-14-6-3-4-8-16(14)18(25)22-15-7-5-11-24(13-15)17-19(26)21-10-9-20-17/h3-4,6,8-10,15H,5,7,11-13H2,1-2H3,(H,21,26)(H,22,25). The lowest BCUT2D eigenvalue weighted by Crippen LogP contribution is -2.49. The van der Waals surface area contributed by atoms with E-state index in [4.69, 9.17) is 0 Å². The van der Waals surface area contributed by atoms with E-state index < -0.39 is 0 Å². The van der Waals surface area contributed by atoms with Crippen LogP contribution in [0.15, 0.2) is 41.5 Å². The van der Waals surface area contributed by atoms with Crippen molar-refractivity contribution >= 4 is 11.7 Å². The molecule has 1 saturated heterocycles. The highest BCUT2D eigenvalue weighted by Gasteiger charge is 2.24. The van der Waals surface area contributed by atoms with Gasteiger partial charge < -0.3 is 20.1 Å². The number of amides is 1. The van der Waals surface area contributed by atoms with Crippen molar-refractivity contribution in [2.45, 2.75) is 25.4 Å². The fraction of sp³-hybridized carbons (Fsp3) is 0.421. The summed E-state index contributed by atoms with van der Waals surface area (Å²) in [6.45, 7) is 2.06. The highest BCUT2D eigenvalue weighted by atomic mass is 16.1. The maximum absolute atomic E-state index is 12.8. The van der Waals surface area contributed by atoms with Crippen LogP contribution in [0.25, 0.3) is 0 Å². The van der Waals surface area contributed by atoms with Crippen molar-refractivity contribution in [3.8, 4) is 0 Å². The number of hydrogen-bond acceptors (Lipinski definition) is 5. The third kappa shape index (κ3) is 4.29. The van der Waals surface area contributed by atoms with Crippen LogP contribution in [0.5, 0.6) is 0 Å². The van der Waals surface area contributed by atoms with Gasteiger partial charge in [-0.05, 0) is 38.6 Å². The van der Waals surface area contributed by atoms with Gasteiger partial charge in [0.15, 0.2) is 5.82 Å². The lowest BCUT2D eigenvalue weighted by molar-refractivity contribution is 0.0931. The first-order valence-electron chi connectivity index (χ1n) is 8.86. The topological polar surface area (TPSA) is 81.3 Å². The van der Waals surface area contributed by atoms with Gasteiger partial charge in [-0.1, -0.05) is 18.2 Å². The summed E-state index contributed by atoms with van der Waals surface area (Å²) >= 11 is 0. The van der Waals surface area contributed by atoms with Gasteiger partial charge in [0.2, 0.25) is 0 Å². The monoisotopic (exact) mass is 355 g/mol. The third-order valence-corrected chi connectivity index (χ3v) is 4.49. The molecule has 2 heterocycles. The van der Waals surface area contributed by atoms with E-state index in [9.17, 15) is 9.59 Å². The highest BCUT2D eigenvalue weighted by molar-refractivity contribution is 5.95. The van der Waals surface area contributed by atoms with Gasteiger partial charge >= 0.3 is 0 Å². The largest absolute Gasteiger partial charge is 0.350 e. The Hall–Kier alpha value is -2.67. The van der Waals surface area contributed by atoms with Gasteiger partial charge in [-0.2, -0.15) is 0 Å². The number of anilines is 1. The number of nitrogens with zero attached hydrogens (tertiary/aromatic N) is 3. The van der Waals surface area contributed by atoms with E-state index in [1.54, 1.807) is 6.20 Å². The predicted molar refractivity (Wildman–Crippen MR) is 101 cm³/mol. The second-order valence-electron chi connectivity index (χ2n) is 6.90. The number of piperidine rings is 1. The Bertz CT molecular complexity index is 817. The second kappa shape index (κ2) is 8.14. The minimum Gasteiger partial charge on any atom is -0.350 e. The molecule has 0 saturated carbocycles. The molecule has 7 nitrogen and oxygen atoms in total. The van der Waals surface area contributed by atoms with Gasteiger partial charge in [0.25, 0.3) is 11.5 Å². The number of carbonyl (C=O) groups is 1. The summed E-state index contributed by atoms with van der Waals surface area (Å²) in [5.74, 6) is 0.351. The molecular weight excluding hydrogens is 330 g/mol. The molecule has 1 atom stereocenters. The summed E-state index contributed by atoms with van der Waals surface area (Å²) in [5.41, 5.74) is 1.51. The molecule has 1 aromatic heterocycles. The minimum absolute atomic E-state index is 0.00920. The smallest absolute Gasteiger partial charge is 0.290 e. The molecule has 0 spiro atoms. The van der Waals surface area contributed by atoms with E-state index in [1.807, 2.05) is 48.2 Å². The van der Waals surface area contributed by atoms with E-state index in [1.165, 1.54) is 6.20 Å². The van der Waals surface area contributed by atoms with Crippen LogP contribution in [0, 0.1) is 0 Å². The van der Waals surface area contributed by atoms with E-state index >= 15 is 0 Å². The quantitative estimate of drug-likeness (QED) is 0.843. The van der Waals surface area contributed by atoms with Crippen LogP contribution in [0.4, 0.5) is 5.82 Å². The Balaban J connectivity index is 1.70. The zero-order valence-electron chi connectivity index (χ0n) is 15.2. The van der Waals surface area contributed by atoms with Crippen LogP contribution < -0.4 is 15.8 Å². The van der Waals surface area contributed by atoms with E-state index in [0.29, 0.717) is 24.5 Å². The molecule has 1 aromatic carbocycles. The molecule has 0 bridgehead atoms. The van der Waals surface area contributed by atoms with Gasteiger partial charge in [0.05, 0.1) is 0 Å². The maximum atomic E-state index is 12.8. The minimum atomic E-state index is -0.198. The van der Waals surface area contributed by atoms with Crippen LogP contribution in [0.2, 0.25) is 0 Å². The number of benzene rings is 1. The first-order valence-corrected chi connectivity index (χ1v) is 8.86. The fourth-order valence-electron chi connectivity index (χ4n) is 3.34. The average molecular weight is 355 g/mol. The molecule has 1 aliphatic rings. The molecule has 138 valence electrons. The SMILES string of the molecule is CN(C)Cc1ccccc1C(=O)NC1CCCN(c2ncc[nH]c2=O)C1. The molecule has 1 aliphatic heterocycles. The van der Waals surface area contributed by atoms with Crippen LogP contribution in [0.1, 0.15) is 28.8 Å². The predicted octanol–water partition coefficient (Wildman–Crippen LogP) is 1.23. The number of nitrogens with one attached hydrogen (secondary N) is 2. The summed E-state index contributed by atoms with van der Waals surface area (Å²) in [6.07, 6.45) is 4.90. The van der Waals surface area contributed by atoms with Crippen molar-refractivity contribution < 1.29 is 4.79 Å².